The number of hydrogen-bond donors (Lipinski definition) is 1. The maximum atomic E-state index is 13.9. The third kappa shape index (κ3) is 4.14. The van der Waals surface area contributed by atoms with Gasteiger partial charge in [0.05, 0.1) is 31.9 Å². The molecule has 2 rings (SSSR count). The minimum atomic E-state index is -3.22. The van der Waals surface area contributed by atoms with Crippen molar-refractivity contribution in [1.82, 2.24) is 4.57 Å². The molecule has 0 unspecified atom stereocenters. The van der Waals surface area contributed by atoms with Crippen molar-refractivity contribution >= 4 is 22.8 Å². The van der Waals surface area contributed by atoms with E-state index < -0.39 is 31.0 Å². The van der Waals surface area contributed by atoms with Crippen LogP contribution in [0.1, 0.15) is 34.7 Å². The summed E-state index contributed by atoms with van der Waals surface area (Å²) in [6, 6.07) is 5.96. The van der Waals surface area contributed by atoms with Gasteiger partial charge < -0.3 is 19.8 Å². The lowest BCUT2D eigenvalue weighted by molar-refractivity contribution is -0.00650. The topological polar surface area (TPSA) is 83.6 Å². The fourth-order valence-electron chi connectivity index (χ4n) is 2.44. The quantitative estimate of drug-likeness (QED) is 0.773. The molecule has 0 bridgehead atoms. The Hall–Kier alpha value is -2.48. The fourth-order valence-corrected chi connectivity index (χ4v) is 2.44. The summed E-state index contributed by atoms with van der Waals surface area (Å²) in [6.07, 6.45) is 0. The number of aromatic nitrogens is 1. The highest BCUT2D eigenvalue weighted by atomic mass is 19.3. The van der Waals surface area contributed by atoms with Crippen LogP contribution in [-0.2, 0) is 16.0 Å². The third-order valence-electron chi connectivity index (χ3n) is 3.59. The molecule has 0 aliphatic carbocycles. The molecule has 0 radical (unpaired) electrons. The molecule has 1 aromatic heterocycles. The van der Waals surface area contributed by atoms with E-state index in [2.05, 4.69) is 0 Å². The lowest BCUT2D eigenvalue weighted by Crippen LogP contribution is -2.33. The average molecular weight is 354 g/mol. The number of carbonyl (C=O) groups excluding carboxylic acids is 2. The molecule has 1 aromatic carbocycles. The second kappa shape index (κ2) is 7.60. The van der Waals surface area contributed by atoms with Crippen LogP contribution in [-0.4, -0.2) is 42.2 Å². The number of esters is 2. The highest BCUT2D eigenvalue weighted by Crippen LogP contribution is 2.26. The van der Waals surface area contributed by atoms with Gasteiger partial charge in [-0.05, 0) is 32.0 Å². The van der Waals surface area contributed by atoms with E-state index in [9.17, 15) is 18.4 Å². The Morgan fingerprint density at radius 1 is 1.12 bits per heavy atom. The molecule has 0 fully saturated rings. The van der Waals surface area contributed by atoms with Crippen LogP contribution < -0.4 is 5.73 Å². The van der Waals surface area contributed by atoms with Gasteiger partial charge in [0.2, 0.25) is 0 Å². The minimum Gasteiger partial charge on any atom is -0.462 e. The van der Waals surface area contributed by atoms with E-state index in [0.717, 1.165) is 4.57 Å². The van der Waals surface area contributed by atoms with Crippen LogP contribution in [0, 0.1) is 0 Å². The molecule has 1 heterocycles. The Kier molecular flexibility index (Phi) is 5.73. The van der Waals surface area contributed by atoms with E-state index in [-0.39, 0.29) is 24.5 Å². The summed E-state index contributed by atoms with van der Waals surface area (Å²) in [6.45, 7) is 1.93. The van der Waals surface area contributed by atoms with Crippen molar-refractivity contribution in [1.29, 1.82) is 0 Å². The molecule has 8 heteroatoms. The van der Waals surface area contributed by atoms with E-state index in [1.807, 2.05) is 0 Å². The van der Waals surface area contributed by atoms with Gasteiger partial charge in [0.15, 0.2) is 0 Å². The Labute approximate surface area is 143 Å². The maximum absolute atomic E-state index is 13.9. The van der Waals surface area contributed by atoms with Crippen molar-refractivity contribution in [2.45, 2.75) is 26.3 Å². The molecule has 0 aliphatic heterocycles. The Bertz CT molecular complexity index is 786. The van der Waals surface area contributed by atoms with Crippen LogP contribution in [0.2, 0.25) is 0 Å². The average Bonchev–Trinajstić information content (AvgIpc) is 2.92. The van der Waals surface area contributed by atoms with Crippen LogP contribution in [0.5, 0.6) is 0 Å². The predicted molar refractivity (Wildman–Crippen MR) is 87.9 cm³/mol. The lowest BCUT2D eigenvalue weighted by Gasteiger charge is -2.17. The molecule has 2 aromatic rings. The Balaban J connectivity index is 2.59. The lowest BCUT2D eigenvalue weighted by atomic mass is 10.1. The van der Waals surface area contributed by atoms with E-state index in [1.165, 1.54) is 18.2 Å². The molecule has 0 saturated carbocycles. The smallest absolute Gasteiger partial charge is 0.354 e. The van der Waals surface area contributed by atoms with Gasteiger partial charge in [-0.25, -0.2) is 18.4 Å². The second-order valence-corrected chi connectivity index (χ2v) is 5.39. The van der Waals surface area contributed by atoms with E-state index in [1.54, 1.807) is 19.9 Å². The summed E-state index contributed by atoms with van der Waals surface area (Å²) in [5.41, 5.74) is 5.61. The van der Waals surface area contributed by atoms with Crippen LogP contribution in [0.3, 0.4) is 0 Å². The number of benzene rings is 1. The monoisotopic (exact) mass is 354 g/mol. The zero-order chi connectivity index (χ0) is 18.6. The van der Waals surface area contributed by atoms with Crippen molar-refractivity contribution in [3.8, 4) is 0 Å². The number of nitrogens with zero attached hydrogens (tertiary/aromatic N) is 1. The summed E-state index contributed by atoms with van der Waals surface area (Å²) in [4.78, 5) is 24.0. The van der Waals surface area contributed by atoms with Crippen molar-refractivity contribution in [3.05, 3.63) is 35.5 Å². The highest BCUT2D eigenvalue weighted by Gasteiger charge is 2.31. The van der Waals surface area contributed by atoms with Crippen molar-refractivity contribution in [3.63, 3.8) is 0 Å². The molecular weight excluding hydrogens is 334 g/mol. The van der Waals surface area contributed by atoms with Crippen LogP contribution in [0.15, 0.2) is 24.3 Å². The molecule has 0 atom stereocenters. The number of rotatable bonds is 7. The number of ether oxygens (including phenoxy) is 2. The SMILES string of the molecule is CCOC(=O)c1ccc2cc(C(=O)OCC)n(CC(F)(F)CN)c2c1. The summed E-state index contributed by atoms with van der Waals surface area (Å²) in [7, 11) is 0. The first kappa shape index (κ1) is 18.9. The third-order valence-corrected chi connectivity index (χ3v) is 3.59. The normalized spacial score (nSPS) is 11.6. The molecular formula is C17H20F2N2O4. The molecule has 25 heavy (non-hydrogen) atoms. The van der Waals surface area contributed by atoms with Crippen LogP contribution >= 0.6 is 0 Å². The van der Waals surface area contributed by atoms with Crippen LogP contribution in [0.4, 0.5) is 8.78 Å². The molecule has 0 saturated heterocycles. The number of hydrogen-bond acceptors (Lipinski definition) is 5. The second-order valence-electron chi connectivity index (χ2n) is 5.39. The number of carbonyl (C=O) groups is 2. The predicted octanol–water partition coefficient (Wildman–Crippen LogP) is 2.59. The summed E-state index contributed by atoms with van der Waals surface area (Å²) >= 11 is 0. The van der Waals surface area contributed by atoms with Gasteiger partial charge in [-0.3, -0.25) is 0 Å². The van der Waals surface area contributed by atoms with Gasteiger partial charge in [-0.15, -0.1) is 0 Å². The zero-order valence-corrected chi connectivity index (χ0v) is 14.1. The van der Waals surface area contributed by atoms with Gasteiger partial charge >= 0.3 is 11.9 Å². The van der Waals surface area contributed by atoms with Crippen LogP contribution in [0.25, 0.3) is 10.9 Å². The summed E-state index contributed by atoms with van der Waals surface area (Å²) in [5, 5.41) is 0.531. The van der Waals surface area contributed by atoms with Gasteiger partial charge in [0.25, 0.3) is 5.92 Å². The molecule has 0 aliphatic rings. The van der Waals surface area contributed by atoms with Gasteiger partial charge in [-0.2, -0.15) is 0 Å². The summed E-state index contributed by atoms with van der Waals surface area (Å²) < 4.78 is 38.7. The van der Waals surface area contributed by atoms with Gasteiger partial charge in [0.1, 0.15) is 5.69 Å². The Morgan fingerprint density at radius 3 is 2.36 bits per heavy atom. The minimum absolute atomic E-state index is 0.0222. The number of alkyl halides is 2. The fraction of sp³-hybridized carbons (Fsp3) is 0.412. The molecule has 0 amide bonds. The highest BCUT2D eigenvalue weighted by molar-refractivity contribution is 5.99. The standard InChI is InChI=1S/C17H20F2N2O4/c1-3-24-15(22)12-6-5-11-7-14(16(23)25-4-2)21(13(11)8-12)10-17(18,19)9-20/h5-8H,3-4,9-10,20H2,1-2H3. The summed E-state index contributed by atoms with van der Waals surface area (Å²) in [5.74, 6) is -4.50. The zero-order valence-electron chi connectivity index (χ0n) is 14.1. The molecule has 2 N–H and O–H groups in total. The van der Waals surface area contributed by atoms with Crippen molar-refractivity contribution in [2.75, 3.05) is 19.8 Å². The largest absolute Gasteiger partial charge is 0.462 e. The Morgan fingerprint density at radius 2 is 1.76 bits per heavy atom. The first-order chi connectivity index (χ1) is 11.8. The number of nitrogens with two attached hydrogens (primary N) is 1. The maximum Gasteiger partial charge on any atom is 0.354 e. The van der Waals surface area contributed by atoms with Gasteiger partial charge in [0, 0.05) is 10.9 Å². The van der Waals surface area contributed by atoms with E-state index in [4.69, 9.17) is 15.2 Å². The first-order valence-electron chi connectivity index (χ1n) is 7.88. The number of halogens is 2. The number of fused-ring (bicyclic) bond motifs is 1. The molecule has 6 nitrogen and oxygen atoms in total. The van der Waals surface area contributed by atoms with Crippen molar-refractivity contribution in [2.24, 2.45) is 5.73 Å². The molecule has 136 valence electrons. The van der Waals surface area contributed by atoms with Crippen molar-refractivity contribution < 1.29 is 27.8 Å². The van der Waals surface area contributed by atoms with Gasteiger partial charge in [-0.1, -0.05) is 6.07 Å². The van der Waals surface area contributed by atoms with E-state index in [0.29, 0.717) is 10.9 Å². The first-order valence-corrected chi connectivity index (χ1v) is 7.88. The van der Waals surface area contributed by atoms with E-state index >= 15 is 0 Å². The molecule has 0 spiro atoms.